The van der Waals surface area contributed by atoms with Crippen molar-refractivity contribution in [3.05, 3.63) is 49.6 Å². The fraction of sp³-hybridized carbons (Fsp3) is 0.167. The van der Waals surface area contributed by atoms with E-state index >= 15 is 0 Å². The van der Waals surface area contributed by atoms with Crippen LogP contribution in [0.4, 0.5) is 0 Å². The molecule has 2 aromatic rings. The number of rotatable bonds is 4. The van der Waals surface area contributed by atoms with Crippen LogP contribution in [0.25, 0.3) is 0 Å². The fourth-order valence-electron chi connectivity index (χ4n) is 1.69. The van der Waals surface area contributed by atoms with E-state index in [0.717, 1.165) is 11.3 Å². The Balaban J connectivity index is 2.42. The predicted octanol–water partition coefficient (Wildman–Crippen LogP) is 6.10. The number of thiophene rings is 1. The minimum absolute atomic E-state index is 0.0291. The molecule has 2 rings (SSSR count). The van der Waals surface area contributed by atoms with E-state index in [0.29, 0.717) is 9.36 Å². The summed E-state index contributed by atoms with van der Waals surface area (Å²) in [5, 5.41) is 0.398. The monoisotopic (exact) mass is 471 g/mol. The molecule has 0 amide bonds. The lowest BCUT2D eigenvalue weighted by atomic mass is 10.2. The number of hydrogen-bond acceptors (Lipinski definition) is 3. The van der Waals surface area contributed by atoms with Crippen LogP contribution in [0.15, 0.2) is 35.2 Å². The third kappa shape index (κ3) is 5.03. The second kappa shape index (κ2) is 7.44. The summed E-state index contributed by atoms with van der Waals surface area (Å²) in [5.74, 6) is 0. The van der Waals surface area contributed by atoms with Gasteiger partial charge in [0.15, 0.2) is 0 Å². The fourth-order valence-corrected chi connectivity index (χ4v) is 5.31. The van der Waals surface area contributed by atoms with Gasteiger partial charge in [0.2, 0.25) is 13.8 Å². The number of nitrogens with one attached hydrogen (secondary N) is 1. The van der Waals surface area contributed by atoms with Gasteiger partial charge >= 0.3 is 0 Å². The average molecular weight is 474 g/mol. The first kappa shape index (κ1) is 19.9. The molecule has 0 aliphatic carbocycles. The molecule has 1 aromatic carbocycles. The molecule has 11 heteroatoms. The summed E-state index contributed by atoms with van der Waals surface area (Å²) >= 11 is 36.5. The molecule has 1 unspecified atom stereocenters. The van der Waals surface area contributed by atoms with Crippen molar-refractivity contribution in [3.63, 3.8) is 0 Å². The molecule has 3 nitrogen and oxygen atoms in total. The number of sulfonamides is 1. The molecule has 23 heavy (non-hydrogen) atoms. The maximum absolute atomic E-state index is 12.5. The first-order valence-corrected chi connectivity index (χ1v) is 10.4. The average Bonchev–Trinajstić information content (AvgIpc) is 2.74. The number of benzene rings is 1. The molecule has 0 saturated carbocycles. The molecule has 0 bridgehead atoms. The normalized spacial score (nSPS) is 14.0. The lowest BCUT2D eigenvalue weighted by Crippen LogP contribution is -2.36. The summed E-state index contributed by atoms with van der Waals surface area (Å²) in [4.78, 5) is -0.0291. The summed E-state index contributed by atoms with van der Waals surface area (Å²) in [6, 6.07) is 5.78. The molecule has 126 valence electrons. The van der Waals surface area contributed by atoms with Crippen molar-refractivity contribution in [1.82, 2.24) is 4.72 Å². The van der Waals surface area contributed by atoms with Gasteiger partial charge in [-0.3, -0.25) is 0 Å². The van der Waals surface area contributed by atoms with E-state index in [1.165, 1.54) is 30.3 Å². The highest BCUT2D eigenvalue weighted by Crippen LogP contribution is 2.46. The smallest absolute Gasteiger partial charge is 0.207 e. The minimum Gasteiger partial charge on any atom is -0.207 e. The first-order chi connectivity index (χ1) is 10.5. The molecule has 1 atom stereocenters. The molecule has 0 fully saturated rings. The van der Waals surface area contributed by atoms with Crippen LogP contribution in [0.3, 0.4) is 0 Å². The number of halogens is 6. The lowest BCUT2D eigenvalue weighted by molar-refractivity contribution is 0.559. The highest BCUT2D eigenvalue weighted by Gasteiger charge is 2.39. The zero-order valence-corrected chi connectivity index (χ0v) is 17.0. The molecular formula is C12H7Cl6NO2S2. The lowest BCUT2D eigenvalue weighted by Gasteiger charge is -2.25. The Hall–Kier alpha value is 0.570. The summed E-state index contributed by atoms with van der Waals surface area (Å²) in [6.45, 7) is 0. The maximum atomic E-state index is 12.5. The van der Waals surface area contributed by atoms with Gasteiger partial charge in [-0.25, -0.2) is 8.42 Å². The van der Waals surface area contributed by atoms with E-state index in [4.69, 9.17) is 69.6 Å². The highest BCUT2D eigenvalue weighted by molar-refractivity contribution is 7.89. The van der Waals surface area contributed by atoms with Gasteiger partial charge in [0.05, 0.1) is 19.6 Å². The van der Waals surface area contributed by atoms with Gasteiger partial charge in [0.25, 0.3) is 0 Å². The van der Waals surface area contributed by atoms with Gasteiger partial charge < -0.3 is 0 Å². The minimum atomic E-state index is -3.97. The van der Waals surface area contributed by atoms with Gasteiger partial charge in [0.1, 0.15) is 0 Å². The second-order valence-corrected chi connectivity index (χ2v) is 11.1. The van der Waals surface area contributed by atoms with E-state index in [1.54, 1.807) is 0 Å². The van der Waals surface area contributed by atoms with Crippen molar-refractivity contribution in [2.24, 2.45) is 0 Å². The third-order valence-corrected chi connectivity index (χ3v) is 6.58. The zero-order chi connectivity index (χ0) is 17.4. The quantitative estimate of drug-likeness (QED) is 0.545. The number of alkyl halides is 3. The maximum Gasteiger partial charge on any atom is 0.241 e. The van der Waals surface area contributed by atoms with E-state index in [2.05, 4.69) is 4.72 Å². The van der Waals surface area contributed by atoms with E-state index < -0.39 is 19.9 Å². The van der Waals surface area contributed by atoms with Crippen LogP contribution < -0.4 is 4.72 Å². The SMILES string of the molecule is O=S(=O)(NC(c1cc(Cl)sc1Cl)C(Cl)(Cl)Cl)c1ccc(Cl)cc1. The molecule has 1 N–H and O–H groups in total. The van der Waals surface area contributed by atoms with Crippen LogP contribution in [0.1, 0.15) is 11.6 Å². The van der Waals surface area contributed by atoms with Crippen molar-refractivity contribution in [2.75, 3.05) is 0 Å². The highest BCUT2D eigenvalue weighted by atomic mass is 35.6. The predicted molar refractivity (Wildman–Crippen MR) is 99.1 cm³/mol. The van der Waals surface area contributed by atoms with Crippen molar-refractivity contribution in [2.45, 2.75) is 14.7 Å². The van der Waals surface area contributed by atoms with Gasteiger partial charge in [-0.05, 0) is 30.3 Å². The molecule has 0 aliphatic heterocycles. The molecule has 1 aromatic heterocycles. The van der Waals surface area contributed by atoms with Crippen molar-refractivity contribution in [3.8, 4) is 0 Å². The van der Waals surface area contributed by atoms with Crippen molar-refractivity contribution < 1.29 is 8.42 Å². The molecule has 0 radical (unpaired) electrons. The first-order valence-electron chi connectivity index (χ1n) is 5.80. The van der Waals surface area contributed by atoms with Gasteiger partial charge in [-0.15, -0.1) is 11.3 Å². The molecule has 0 saturated heterocycles. The number of hydrogen-bond donors (Lipinski definition) is 1. The largest absolute Gasteiger partial charge is 0.241 e. The molecule has 0 spiro atoms. The molecule has 0 aliphatic rings. The van der Waals surface area contributed by atoms with Crippen LogP contribution >= 0.6 is 80.9 Å². The Kier molecular flexibility index (Phi) is 6.43. The van der Waals surface area contributed by atoms with E-state index in [-0.39, 0.29) is 14.8 Å². The summed E-state index contributed by atoms with van der Waals surface area (Å²) < 4.78 is 25.9. The topological polar surface area (TPSA) is 46.2 Å². The third-order valence-electron chi connectivity index (χ3n) is 2.72. The summed E-state index contributed by atoms with van der Waals surface area (Å²) in [5.41, 5.74) is 0.277. The Morgan fingerprint density at radius 2 is 1.61 bits per heavy atom. The standard InChI is InChI=1S/C12H7Cl6NO2S2/c13-6-1-3-7(4-2-6)23(20,21)19-10(12(16,17)18)8-5-9(14)22-11(8)15/h1-5,10,19H. The van der Waals surface area contributed by atoms with Crippen LogP contribution in [0.2, 0.25) is 13.7 Å². The van der Waals surface area contributed by atoms with Crippen molar-refractivity contribution in [1.29, 1.82) is 0 Å². The van der Waals surface area contributed by atoms with Gasteiger partial charge in [-0.1, -0.05) is 69.6 Å². The Morgan fingerprint density at radius 3 is 2.04 bits per heavy atom. The Morgan fingerprint density at radius 1 is 1.04 bits per heavy atom. The van der Waals surface area contributed by atoms with Crippen LogP contribution in [0, 0.1) is 0 Å². The Labute approximate surface area is 167 Å². The molecule has 1 heterocycles. The summed E-state index contributed by atoms with van der Waals surface area (Å²) in [6.07, 6.45) is 0. The van der Waals surface area contributed by atoms with Gasteiger partial charge in [-0.2, -0.15) is 4.72 Å². The van der Waals surface area contributed by atoms with E-state index in [1.807, 2.05) is 0 Å². The van der Waals surface area contributed by atoms with Crippen molar-refractivity contribution >= 4 is 91.0 Å². The van der Waals surface area contributed by atoms with Crippen LogP contribution in [-0.2, 0) is 10.0 Å². The summed E-state index contributed by atoms with van der Waals surface area (Å²) in [7, 11) is -3.97. The Bertz CT molecular complexity index is 798. The molecular weight excluding hydrogens is 467 g/mol. The zero-order valence-electron chi connectivity index (χ0n) is 10.9. The second-order valence-electron chi connectivity index (χ2n) is 4.33. The van der Waals surface area contributed by atoms with Gasteiger partial charge in [0, 0.05) is 10.6 Å². The van der Waals surface area contributed by atoms with E-state index in [9.17, 15) is 8.42 Å². The van der Waals surface area contributed by atoms with Crippen LogP contribution in [-0.4, -0.2) is 12.2 Å². The van der Waals surface area contributed by atoms with Crippen LogP contribution in [0.5, 0.6) is 0 Å².